The van der Waals surface area contributed by atoms with Crippen LogP contribution in [0.2, 0.25) is 0 Å². The highest BCUT2D eigenvalue weighted by Gasteiger charge is 2.21. The molecule has 3 nitrogen and oxygen atoms in total. The second-order valence-corrected chi connectivity index (χ2v) is 6.01. The van der Waals surface area contributed by atoms with Crippen LogP contribution < -0.4 is 5.32 Å². The number of allylic oxidation sites excluding steroid dienone is 1. The number of hydrogen-bond acceptors (Lipinski definition) is 1. The van der Waals surface area contributed by atoms with Crippen molar-refractivity contribution in [3.8, 4) is 0 Å². The van der Waals surface area contributed by atoms with Crippen molar-refractivity contribution in [3.05, 3.63) is 11.8 Å². The number of rotatable bonds is 2. The third-order valence-electron chi connectivity index (χ3n) is 4.37. The zero-order valence-electron chi connectivity index (χ0n) is 11.7. The molecular formula is C15H26N2O. The van der Waals surface area contributed by atoms with E-state index in [0.717, 1.165) is 19.5 Å². The lowest BCUT2D eigenvalue weighted by molar-refractivity contribution is 0.173. The minimum Gasteiger partial charge on any atom is -0.324 e. The maximum atomic E-state index is 12.0. The quantitative estimate of drug-likeness (QED) is 0.799. The Bertz CT molecular complexity index is 318. The molecule has 1 N–H and O–H groups in total. The Morgan fingerprint density at radius 1 is 1.22 bits per heavy atom. The topological polar surface area (TPSA) is 32.3 Å². The molecule has 1 heterocycles. The number of hydrogen-bond donors (Lipinski definition) is 1. The van der Waals surface area contributed by atoms with E-state index < -0.39 is 0 Å². The SMILES string of the molecule is C/C(=C\NC(=O)N1CCCC(C)C1)C1CCCC1. The van der Waals surface area contributed by atoms with E-state index in [4.69, 9.17) is 0 Å². The van der Waals surface area contributed by atoms with Crippen LogP contribution in [-0.4, -0.2) is 24.0 Å². The van der Waals surface area contributed by atoms with E-state index in [-0.39, 0.29) is 6.03 Å². The summed E-state index contributed by atoms with van der Waals surface area (Å²) in [6.45, 7) is 6.18. The van der Waals surface area contributed by atoms with Crippen molar-refractivity contribution in [3.63, 3.8) is 0 Å². The molecule has 2 rings (SSSR count). The molecule has 0 aromatic rings. The van der Waals surface area contributed by atoms with Gasteiger partial charge in [-0.1, -0.05) is 25.3 Å². The summed E-state index contributed by atoms with van der Waals surface area (Å²) in [5, 5.41) is 2.97. The van der Waals surface area contributed by atoms with Gasteiger partial charge in [-0.2, -0.15) is 0 Å². The summed E-state index contributed by atoms with van der Waals surface area (Å²) in [6, 6.07) is 0.0823. The average molecular weight is 250 g/mol. The first-order chi connectivity index (χ1) is 8.66. The minimum absolute atomic E-state index is 0.0823. The first-order valence-corrected chi connectivity index (χ1v) is 7.39. The Labute approximate surface area is 111 Å². The molecule has 1 unspecified atom stereocenters. The maximum absolute atomic E-state index is 12.0. The average Bonchev–Trinajstić information content (AvgIpc) is 2.89. The largest absolute Gasteiger partial charge is 0.324 e. The van der Waals surface area contributed by atoms with Crippen LogP contribution in [0.1, 0.15) is 52.4 Å². The van der Waals surface area contributed by atoms with Crippen molar-refractivity contribution >= 4 is 6.03 Å². The van der Waals surface area contributed by atoms with Crippen molar-refractivity contribution in [2.45, 2.75) is 52.4 Å². The first kappa shape index (κ1) is 13.4. The highest BCUT2D eigenvalue weighted by Crippen LogP contribution is 2.30. The van der Waals surface area contributed by atoms with Crippen LogP contribution in [0, 0.1) is 11.8 Å². The lowest BCUT2D eigenvalue weighted by atomic mass is 10.00. The molecule has 102 valence electrons. The Kier molecular flexibility index (Phi) is 4.67. The van der Waals surface area contributed by atoms with Gasteiger partial charge in [0.25, 0.3) is 0 Å². The highest BCUT2D eigenvalue weighted by atomic mass is 16.2. The molecule has 1 aliphatic carbocycles. The molecule has 1 aliphatic heterocycles. The second-order valence-electron chi connectivity index (χ2n) is 6.01. The Morgan fingerprint density at radius 2 is 1.94 bits per heavy atom. The van der Waals surface area contributed by atoms with Gasteiger partial charge in [-0.15, -0.1) is 0 Å². The Balaban J connectivity index is 1.81. The van der Waals surface area contributed by atoms with Crippen LogP contribution in [-0.2, 0) is 0 Å². The fourth-order valence-corrected chi connectivity index (χ4v) is 3.14. The lowest BCUT2D eigenvalue weighted by Crippen LogP contribution is -2.43. The van der Waals surface area contributed by atoms with Gasteiger partial charge in [0.05, 0.1) is 0 Å². The lowest BCUT2D eigenvalue weighted by Gasteiger charge is -2.30. The number of likely N-dealkylation sites (tertiary alicyclic amines) is 1. The molecule has 0 bridgehead atoms. The van der Waals surface area contributed by atoms with Gasteiger partial charge in [-0.3, -0.25) is 0 Å². The zero-order chi connectivity index (χ0) is 13.0. The fraction of sp³-hybridized carbons (Fsp3) is 0.800. The molecule has 1 atom stereocenters. The monoisotopic (exact) mass is 250 g/mol. The van der Waals surface area contributed by atoms with Crippen LogP contribution in [0.25, 0.3) is 0 Å². The summed E-state index contributed by atoms with van der Waals surface area (Å²) in [5.74, 6) is 1.34. The summed E-state index contributed by atoms with van der Waals surface area (Å²) in [6.07, 6.45) is 9.59. The van der Waals surface area contributed by atoms with E-state index in [1.165, 1.54) is 37.7 Å². The standard InChI is InChI=1S/C15H26N2O/c1-12-6-5-9-17(11-12)15(18)16-10-13(2)14-7-3-4-8-14/h10,12,14H,3-9,11H2,1-2H3,(H,16,18)/b13-10+. The summed E-state index contributed by atoms with van der Waals surface area (Å²) < 4.78 is 0. The maximum Gasteiger partial charge on any atom is 0.321 e. The number of piperidine rings is 1. The smallest absolute Gasteiger partial charge is 0.321 e. The molecule has 2 amide bonds. The zero-order valence-corrected chi connectivity index (χ0v) is 11.7. The Hall–Kier alpha value is -0.990. The molecule has 0 radical (unpaired) electrons. The van der Waals surface area contributed by atoms with Gasteiger partial charge in [0, 0.05) is 19.3 Å². The number of nitrogens with one attached hydrogen (secondary N) is 1. The van der Waals surface area contributed by atoms with E-state index >= 15 is 0 Å². The molecule has 1 saturated heterocycles. The van der Waals surface area contributed by atoms with Crippen molar-refractivity contribution in [1.29, 1.82) is 0 Å². The van der Waals surface area contributed by atoms with Gasteiger partial charge in [0.1, 0.15) is 0 Å². The Morgan fingerprint density at radius 3 is 2.61 bits per heavy atom. The number of urea groups is 1. The van der Waals surface area contributed by atoms with Gasteiger partial charge >= 0.3 is 6.03 Å². The molecule has 0 spiro atoms. The van der Waals surface area contributed by atoms with Crippen LogP contribution in [0.4, 0.5) is 4.79 Å². The molecular weight excluding hydrogens is 224 g/mol. The number of carbonyl (C=O) groups excluding carboxylic acids is 1. The summed E-state index contributed by atoms with van der Waals surface area (Å²) in [7, 11) is 0. The summed E-state index contributed by atoms with van der Waals surface area (Å²) >= 11 is 0. The van der Waals surface area contributed by atoms with Crippen LogP contribution >= 0.6 is 0 Å². The van der Waals surface area contributed by atoms with Crippen molar-refractivity contribution in [2.75, 3.05) is 13.1 Å². The molecule has 1 saturated carbocycles. The van der Waals surface area contributed by atoms with Gasteiger partial charge in [0.15, 0.2) is 0 Å². The summed E-state index contributed by atoms with van der Waals surface area (Å²) in [5.41, 5.74) is 1.34. The molecule has 2 fully saturated rings. The second kappa shape index (κ2) is 6.26. The van der Waals surface area contributed by atoms with Crippen LogP contribution in [0.3, 0.4) is 0 Å². The van der Waals surface area contributed by atoms with E-state index in [2.05, 4.69) is 19.2 Å². The minimum atomic E-state index is 0.0823. The predicted molar refractivity (Wildman–Crippen MR) is 74.2 cm³/mol. The highest BCUT2D eigenvalue weighted by molar-refractivity contribution is 5.75. The molecule has 0 aromatic heterocycles. The number of amides is 2. The van der Waals surface area contributed by atoms with Crippen molar-refractivity contribution in [1.82, 2.24) is 10.2 Å². The van der Waals surface area contributed by atoms with Gasteiger partial charge in [-0.05, 0) is 44.4 Å². The van der Waals surface area contributed by atoms with Gasteiger partial charge in [-0.25, -0.2) is 4.79 Å². The van der Waals surface area contributed by atoms with Gasteiger partial charge < -0.3 is 10.2 Å². The summed E-state index contributed by atoms with van der Waals surface area (Å²) in [4.78, 5) is 14.0. The molecule has 3 heteroatoms. The molecule has 18 heavy (non-hydrogen) atoms. The third kappa shape index (κ3) is 3.50. The van der Waals surface area contributed by atoms with Crippen LogP contribution in [0.5, 0.6) is 0 Å². The van der Waals surface area contributed by atoms with E-state index in [9.17, 15) is 4.79 Å². The predicted octanol–water partition coefficient (Wildman–Crippen LogP) is 3.52. The van der Waals surface area contributed by atoms with E-state index in [1.807, 2.05) is 11.1 Å². The third-order valence-corrected chi connectivity index (χ3v) is 4.37. The van der Waals surface area contributed by atoms with E-state index in [0.29, 0.717) is 11.8 Å². The van der Waals surface area contributed by atoms with Crippen molar-refractivity contribution in [2.24, 2.45) is 11.8 Å². The van der Waals surface area contributed by atoms with Gasteiger partial charge in [0.2, 0.25) is 0 Å². The number of nitrogens with zero attached hydrogens (tertiary/aromatic N) is 1. The van der Waals surface area contributed by atoms with E-state index in [1.54, 1.807) is 0 Å². The molecule has 0 aromatic carbocycles. The normalized spacial score (nSPS) is 26.4. The fourth-order valence-electron chi connectivity index (χ4n) is 3.14. The number of carbonyl (C=O) groups is 1. The van der Waals surface area contributed by atoms with Crippen molar-refractivity contribution < 1.29 is 4.79 Å². The first-order valence-electron chi connectivity index (χ1n) is 7.39. The molecule has 2 aliphatic rings. The van der Waals surface area contributed by atoms with Crippen LogP contribution in [0.15, 0.2) is 11.8 Å².